The monoisotopic (exact) mass is 397 g/mol. The summed E-state index contributed by atoms with van der Waals surface area (Å²) in [4.78, 5) is 25.2. The molecule has 0 radical (unpaired) electrons. The number of halogens is 2. The number of nitrogens with one attached hydrogen (secondary N) is 1. The SMILES string of the molecule is CC(C)C.NC(=O)CN1CCC2(CC1)C[C@H]2NC(=O)c1cc(F)cc(Cl)c1. The number of amides is 2. The number of benzene rings is 1. The van der Waals surface area contributed by atoms with E-state index in [0.29, 0.717) is 0 Å². The van der Waals surface area contributed by atoms with Crippen molar-refractivity contribution in [3.8, 4) is 0 Å². The number of carbonyl (C=O) groups is 2. The first-order chi connectivity index (χ1) is 12.6. The van der Waals surface area contributed by atoms with Crippen molar-refractivity contribution in [2.75, 3.05) is 19.6 Å². The average molecular weight is 398 g/mol. The molecule has 2 fully saturated rings. The van der Waals surface area contributed by atoms with Crippen molar-refractivity contribution in [1.29, 1.82) is 0 Å². The van der Waals surface area contributed by atoms with Crippen LogP contribution >= 0.6 is 11.6 Å². The van der Waals surface area contributed by atoms with Gasteiger partial charge in [-0.1, -0.05) is 32.4 Å². The summed E-state index contributed by atoms with van der Waals surface area (Å²) in [7, 11) is 0. The Kier molecular flexibility index (Phi) is 7.23. The summed E-state index contributed by atoms with van der Waals surface area (Å²) >= 11 is 5.78. The molecule has 1 saturated heterocycles. The minimum Gasteiger partial charge on any atom is -0.369 e. The van der Waals surface area contributed by atoms with Crippen LogP contribution in [0.2, 0.25) is 5.02 Å². The van der Waals surface area contributed by atoms with Gasteiger partial charge in [0.2, 0.25) is 5.91 Å². The molecule has 1 aromatic carbocycles. The van der Waals surface area contributed by atoms with Crippen LogP contribution in [0.25, 0.3) is 0 Å². The number of primary amides is 1. The molecule has 0 aromatic heterocycles. The number of nitrogens with zero attached hydrogens (tertiary/aromatic N) is 1. The van der Waals surface area contributed by atoms with Crippen LogP contribution in [0.3, 0.4) is 0 Å². The third-order valence-electron chi connectivity index (χ3n) is 4.85. The fourth-order valence-corrected chi connectivity index (χ4v) is 3.63. The molecule has 1 aliphatic heterocycles. The number of carbonyl (C=O) groups excluding carboxylic acids is 2. The Morgan fingerprint density at radius 3 is 2.41 bits per heavy atom. The van der Waals surface area contributed by atoms with Gasteiger partial charge in [-0.05, 0) is 61.9 Å². The number of piperidine rings is 1. The van der Waals surface area contributed by atoms with Crippen molar-refractivity contribution in [3.05, 3.63) is 34.6 Å². The molecule has 5 nitrogen and oxygen atoms in total. The zero-order valence-electron chi connectivity index (χ0n) is 16.2. The Balaban J connectivity index is 0.000000596. The standard InChI is InChI=1S/C16H19ClFN3O2.C4H10/c17-11-5-10(6-12(18)7-11)15(23)20-13-8-16(13)1-3-21(4-2-16)9-14(19)22;1-4(2)3/h5-7,13H,1-4,8-9H2,(H2,19,22)(H,20,23);4H,1-3H3/t13-;/m1./s1. The Hall–Kier alpha value is -1.66. The van der Waals surface area contributed by atoms with Gasteiger partial charge in [0.15, 0.2) is 0 Å². The van der Waals surface area contributed by atoms with Gasteiger partial charge in [0.25, 0.3) is 5.91 Å². The van der Waals surface area contributed by atoms with Crippen LogP contribution in [0.5, 0.6) is 0 Å². The lowest BCUT2D eigenvalue weighted by Gasteiger charge is -2.32. The molecule has 1 spiro atoms. The van der Waals surface area contributed by atoms with E-state index in [-0.39, 0.29) is 40.4 Å². The fraction of sp³-hybridized carbons (Fsp3) is 0.600. The van der Waals surface area contributed by atoms with E-state index < -0.39 is 5.82 Å². The largest absolute Gasteiger partial charge is 0.369 e. The summed E-state index contributed by atoms with van der Waals surface area (Å²) in [6.45, 7) is 8.40. The van der Waals surface area contributed by atoms with Gasteiger partial charge in [-0.15, -0.1) is 0 Å². The van der Waals surface area contributed by atoms with Crippen molar-refractivity contribution in [2.24, 2.45) is 17.1 Å². The van der Waals surface area contributed by atoms with Crippen molar-refractivity contribution in [3.63, 3.8) is 0 Å². The molecular weight excluding hydrogens is 369 g/mol. The number of nitrogens with two attached hydrogens (primary N) is 1. The average Bonchev–Trinajstić information content (AvgIpc) is 3.19. The smallest absolute Gasteiger partial charge is 0.251 e. The number of likely N-dealkylation sites (tertiary alicyclic amines) is 1. The summed E-state index contributed by atoms with van der Waals surface area (Å²) in [6, 6.07) is 3.93. The van der Waals surface area contributed by atoms with Gasteiger partial charge in [0.05, 0.1) is 6.54 Å². The predicted octanol–water partition coefficient (Wildman–Crippen LogP) is 3.21. The first kappa shape index (κ1) is 21.6. The Morgan fingerprint density at radius 2 is 1.89 bits per heavy atom. The van der Waals surface area contributed by atoms with Gasteiger partial charge in [-0.3, -0.25) is 14.5 Å². The topological polar surface area (TPSA) is 75.4 Å². The summed E-state index contributed by atoms with van der Waals surface area (Å²) < 4.78 is 13.3. The fourth-order valence-electron chi connectivity index (χ4n) is 3.41. The van der Waals surface area contributed by atoms with E-state index in [0.717, 1.165) is 38.3 Å². The Labute approximate surface area is 165 Å². The molecule has 27 heavy (non-hydrogen) atoms. The lowest BCUT2D eigenvalue weighted by Crippen LogP contribution is -2.42. The molecule has 1 aromatic rings. The van der Waals surface area contributed by atoms with Gasteiger partial charge in [-0.25, -0.2) is 4.39 Å². The minimum atomic E-state index is -0.520. The molecule has 1 saturated carbocycles. The third-order valence-corrected chi connectivity index (χ3v) is 5.07. The van der Waals surface area contributed by atoms with Crippen LogP contribution in [0.15, 0.2) is 18.2 Å². The highest BCUT2D eigenvalue weighted by Crippen LogP contribution is 2.53. The van der Waals surface area contributed by atoms with Crippen molar-refractivity contribution in [1.82, 2.24) is 10.2 Å². The second-order valence-electron chi connectivity index (χ2n) is 8.23. The number of rotatable bonds is 4. The summed E-state index contributed by atoms with van der Waals surface area (Å²) in [5.41, 5.74) is 5.56. The lowest BCUT2D eigenvalue weighted by molar-refractivity contribution is -0.119. The minimum absolute atomic E-state index is 0.104. The molecule has 7 heteroatoms. The second-order valence-corrected chi connectivity index (χ2v) is 8.66. The predicted molar refractivity (Wildman–Crippen MR) is 105 cm³/mol. The first-order valence-electron chi connectivity index (χ1n) is 9.39. The summed E-state index contributed by atoms with van der Waals surface area (Å²) in [5, 5.41) is 3.18. The summed E-state index contributed by atoms with van der Waals surface area (Å²) in [6.07, 6.45) is 2.77. The maximum absolute atomic E-state index is 13.3. The number of hydrogen-bond acceptors (Lipinski definition) is 3. The quantitative estimate of drug-likeness (QED) is 0.819. The Morgan fingerprint density at radius 1 is 1.30 bits per heavy atom. The molecular formula is C20H29ClFN3O2. The molecule has 2 amide bonds. The van der Waals surface area contributed by atoms with Gasteiger partial charge in [0.1, 0.15) is 5.82 Å². The first-order valence-corrected chi connectivity index (χ1v) is 9.77. The van der Waals surface area contributed by atoms with E-state index in [1.807, 2.05) is 4.90 Å². The highest BCUT2D eigenvalue weighted by molar-refractivity contribution is 6.31. The molecule has 1 atom stereocenters. The molecule has 1 aliphatic carbocycles. The van der Waals surface area contributed by atoms with E-state index in [9.17, 15) is 14.0 Å². The third kappa shape index (κ3) is 6.47. The molecule has 2 aliphatic rings. The van der Waals surface area contributed by atoms with E-state index >= 15 is 0 Å². The van der Waals surface area contributed by atoms with E-state index in [4.69, 9.17) is 17.3 Å². The second kappa shape index (κ2) is 9.02. The van der Waals surface area contributed by atoms with Crippen molar-refractivity contribution < 1.29 is 14.0 Å². The molecule has 150 valence electrons. The van der Waals surface area contributed by atoms with E-state index in [2.05, 4.69) is 26.1 Å². The molecule has 1 heterocycles. The normalized spacial score (nSPS) is 20.7. The zero-order valence-corrected chi connectivity index (χ0v) is 17.0. The highest BCUT2D eigenvalue weighted by Gasteiger charge is 2.55. The van der Waals surface area contributed by atoms with Crippen LogP contribution in [0, 0.1) is 17.2 Å². The van der Waals surface area contributed by atoms with Gasteiger partial charge < -0.3 is 11.1 Å². The van der Waals surface area contributed by atoms with Gasteiger partial charge in [0, 0.05) is 16.6 Å². The molecule has 3 rings (SSSR count). The zero-order chi connectivity index (χ0) is 20.2. The highest BCUT2D eigenvalue weighted by atomic mass is 35.5. The van der Waals surface area contributed by atoms with Gasteiger partial charge in [-0.2, -0.15) is 0 Å². The van der Waals surface area contributed by atoms with Crippen LogP contribution in [-0.4, -0.2) is 42.4 Å². The Bertz CT molecular complexity index is 665. The summed E-state index contributed by atoms with van der Waals surface area (Å²) in [5.74, 6) is -0.301. The van der Waals surface area contributed by atoms with Crippen molar-refractivity contribution >= 4 is 23.4 Å². The van der Waals surface area contributed by atoms with Crippen LogP contribution in [0.1, 0.15) is 50.4 Å². The lowest BCUT2D eigenvalue weighted by atomic mass is 9.92. The van der Waals surface area contributed by atoms with Crippen LogP contribution in [0.4, 0.5) is 4.39 Å². The maximum Gasteiger partial charge on any atom is 0.251 e. The van der Waals surface area contributed by atoms with Gasteiger partial charge >= 0.3 is 0 Å². The van der Waals surface area contributed by atoms with Crippen LogP contribution < -0.4 is 11.1 Å². The van der Waals surface area contributed by atoms with E-state index in [1.165, 1.54) is 18.2 Å². The van der Waals surface area contributed by atoms with Crippen LogP contribution in [-0.2, 0) is 4.79 Å². The number of hydrogen-bond donors (Lipinski definition) is 2. The molecule has 3 N–H and O–H groups in total. The maximum atomic E-state index is 13.3. The van der Waals surface area contributed by atoms with E-state index in [1.54, 1.807) is 0 Å². The molecule has 0 bridgehead atoms. The van der Waals surface area contributed by atoms with Crippen molar-refractivity contribution in [2.45, 2.75) is 46.1 Å². The molecule has 0 unspecified atom stereocenters.